The number of carboxylic acids is 1. The van der Waals surface area contributed by atoms with E-state index in [1.165, 1.54) is 0 Å². The molecule has 1 N–H and O–H groups in total. The molecule has 0 bridgehead atoms. The summed E-state index contributed by atoms with van der Waals surface area (Å²) in [5, 5.41) is 8.86. The van der Waals surface area contributed by atoms with Crippen molar-refractivity contribution in [2.24, 2.45) is 0 Å². The van der Waals surface area contributed by atoms with Gasteiger partial charge in [0.05, 0.1) is 6.42 Å². The number of carbonyl (C=O) groups is 1. The number of hydrogen-bond donors (Lipinski definition) is 1. The third-order valence-electron chi connectivity index (χ3n) is 3.04. The molecule has 106 valence electrons. The first-order valence-corrected chi connectivity index (χ1v) is 6.54. The molecule has 0 unspecified atom stereocenters. The van der Waals surface area contributed by atoms with Gasteiger partial charge in [0.15, 0.2) is 0 Å². The average Bonchev–Trinajstić information content (AvgIpc) is 2.52. The van der Waals surface area contributed by atoms with Gasteiger partial charge in [-0.15, -0.1) is 0 Å². The summed E-state index contributed by atoms with van der Waals surface area (Å²) in [4.78, 5) is 13.9. The number of rotatable bonds is 6. The minimum Gasteiger partial charge on any atom is -0.489 e. The maximum Gasteiger partial charge on any atom is 0.388 e. The van der Waals surface area contributed by atoms with E-state index in [4.69, 9.17) is 16.4 Å². The second-order valence-electron chi connectivity index (χ2n) is 4.61. The Labute approximate surface area is 123 Å². The highest BCUT2D eigenvalue weighted by molar-refractivity contribution is 5.75. The van der Waals surface area contributed by atoms with E-state index in [1.54, 1.807) is 24.3 Å². The summed E-state index contributed by atoms with van der Waals surface area (Å²) in [6.45, 7) is 7.35. The number of aliphatic carboxylic acids is 1. The Kier molecular flexibility index (Phi) is 4.94. The lowest BCUT2D eigenvalue weighted by molar-refractivity contribution is -0.137. The van der Waals surface area contributed by atoms with Crippen molar-refractivity contribution < 1.29 is 14.6 Å². The van der Waals surface area contributed by atoms with Crippen molar-refractivity contribution in [3.05, 3.63) is 77.1 Å². The van der Waals surface area contributed by atoms with E-state index < -0.39 is 12.0 Å². The van der Waals surface area contributed by atoms with Crippen LogP contribution in [0.25, 0.3) is 4.85 Å². The lowest BCUT2D eigenvalue weighted by Gasteiger charge is -2.07. The Bertz CT molecular complexity index is 629. The van der Waals surface area contributed by atoms with Gasteiger partial charge in [-0.25, -0.2) is 11.4 Å². The maximum atomic E-state index is 10.8. The molecule has 2 aromatic rings. The number of hydrogen-bond acceptors (Lipinski definition) is 2. The van der Waals surface area contributed by atoms with Crippen molar-refractivity contribution in [2.75, 3.05) is 0 Å². The summed E-state index contributed by atoms with van der Waals surface area (Å²) < 4.78 is 5.65. The van der Waals surface area contributed by atoms with Crippen LogP contribution in [0.2, 0.25) is 0 Å². The Morgan fingerprint density at radius 1 is 1.10 bits per heavy atom. The molecule has 4 heteroatoms. The molecule has 0 spiro atoms. The molecule has 1 atom stereocenters. The van der Waals surface area contributed by atoms with Crippen LogP contribution in [0, 0.1) is 6.57 Å². The molecule has 0 aliphatic carbocycles. The zero-order valence-electron chi connectivity index (χ0n) is 11.4. The second kappa shape index (κ2) is 7.11. The van der Waals surface area contributed by atoms with E-state index in [0.717, 1.165) is 16.9 Å². The van der Waals surface area contributed by atoms with E-state index >= 15 is 0 Å². The van der Waals surface area contributed by atoms with Crippen LogP contribution in [0.1, 0.15) is 11.1 Å². The van der Waals surface area contributed by atoms with E-state index in [0.29, 0.717) is 6.61 Å². The fourth-order valence-electron chi connectivity index (χ4n) is 1.87. The lowest BCUT2D eigenvalue weighted by Crippen LogP contribution is -2.18. The van der Waals surface area contributed by atoms with E-state index in [2.05, 4.69) is 4.85 Å². The Hall–Kier alpha value is -2.80. The van der Waals surface area contributed by atoms with Crippen LogP contribution in [0.4, 0.5) is 0 Å². The van der Waals surface area contributed by atoms with Crippen LogP contribution < -0.4 is 4.74 Å². The van der Waals surface area contributed by atoms with E-state index in [-0.39, 0.29) is 6.42 Å². The zero-order valence-corrected chi connectivity index (χ0v) is 11.4. The molecule has 0 saturated heterocycles. The molecule has 2 aromatic carbocycles. The minimum atomic E-state index is -1.09. The average molecular weight is 281 g/mol. The molecule has 0 heterocycles. The second-order valence-corrected chi connectivity index (χ2v) is 4.61. The quantitative estimate of drug-likeness (QED) is 0.827. The number of carboxylic acid groups (broad SMARTS) is 1. The molecule has 0 amide bonds. The van der Waals surface area contributed by atoms with Gasteiger partial charge < -0.3 is 14.7 Å². The van der Waals surface area contributed by atoms with Crippen molar-refractivity contribution in [1.29, 1.82) is 0 Å². The smallest absolute Gasteiger partial charge is 0.388 e. The first-order chi connectivity index (χ1) is 10.2. The Balaban J connectivity index is 1.93. The van der Waals surface area contributed by atoms with Crippen molar-refractivity contribution >= 4 is 5.97 Å². The highest BCUT2D eigenvalue weighted by atomic mass is 16.5. The Morgan fingerprint density at radius 3 is 2.33 bits per heavy atom. The monoisotopic (exact) mass is 281 g/mol. The molecule has 4 nitrogen and oxygen atoms in total. The predicted octanol–water partition coefficient (Wildman–Crippen LogP) is 3.18. The fraction of sp³-hybridized carbons (Fsp3) is 0.176. The number of ether oxygens (including phenoxy) is 1. The van der Waals surface area contributed by atoms with Gasteiger partial charge >= 0.3 is 12.0 Å². The van der Waals surface area contributed by atoms with Gasteiger partial charge in [0, 0.05) is 0 Å². The van der Waals surface area contributed by atoms with Crippen molar-refractivity contribution in [3.63, 3.8) is 0 Å². The molecule has 0 fully saturated rings. The van der Waals surface area contributed by atoms with Crippen LogP contribution in [0.5, 0.6) is 5.75 Å². The first kappa shape index (κ1) is 14.6. The topological polar surface area (TPSA) is 50.9 Å². The molecule has 0 aliphatic rings. The van der Waals surface area contributed by atoms with Crippen LogP contribution in [0.3, 0.4) is 0 Å². The summed E-state index contributed by atoms with van der Waals surface area (Å²) >= 11 is 0. The van der Waals surface area contributed by atoms with Crippen LogP contribution >= 0.6 is 0 Å². The zero-order chi connectivity index (χ0) is 15.1. The van der Waals surface area contributed by atoms with Gasteiger partial charge in [0.25, 0.3) is 0 Å². The molecule has 0 saturated carbocycles. The summed E-state index contributed by atoms with van der Waals surface area (Å²) in [7, 11) is 0. The van der Waals surface area contributed by atoms with Crippen molar-refractivity contribution in [2.45, 2.75) is 19.1 Å². The van der Waals surface area contributed by atoms with Gasteiger partial charge in [-0.05, 0) is 23.3 Å². The van der Waals surface area contributed by atoms with Gasteiger partial charge in [0.2, 0.25) is 0 Å². The summed E-state index contributed by atoms with van der Waals surface area (Å²) in [5.41, 5.74) is 1.89. The molecular formula is C17H15NO3. The van der Waals surface area contributed by atoms with Crippen LogP contribution in [0.15, 0.2) is 54.6 Å². The standard InChI is InChI=1S/C17H15NO3/c1-18-16(17(19)20)11-13-7-9-15(10-8-13)21-12-14-5-3-2-4-6-14/h2-10,16H,11-12H2,(H,19,20)/t16-/m0/s1. The largest absolute Gasteiger partial charge is 0.489 e. The van der Waals surface area contributed by atoms with Gasteiger partial charge in [-0.3, -0.25) is 0 Å². The Morgan fingerprint density at radius 2 is 1.76 bits per heavy atom. The normalized spacial score (nSPS) is 11.4. The minimum absolute atomic E-state index is 0.206. The van der Waals surface area contributed by atoms with Crippen molar-refractivity contribution in [1.82, 2.24) is 0 Å². The molecule has 0 aliphatic heterocycles. The number of benzene rings is 2. The van der Waals surface area contributed by atoms with Crippen molar-refractivity contribution in [3.8, 4) is 5.75 Å². The first-order valence-electron chi connectivity index (χ1n) is 6.54. The summed E-state index contributed by atoms with van der Waals surface area (Å²) in [6, 6.07) is 16.0. The summed E-state index contributed by atoms with van der Waals surface area (Å²) in [6.07, 6.45) is 0.206. The van der Waals surface area contributed by atoms with Crippen LogP contribution in [-0.2, 0) is 17.8 Å². The predicted molar refractivity (Wildman–Crippen MR) is 78.9 cm³/mol. The molecule has 2 rings (SSSR count). The maximum absolute atomic E-state index is 10.8. The van der Waals surface area contributed by atoms with Gasteiger partial charge in [-0.2, -0.15) is 0 Å². The third-order valence-corrected chi connectivity index (χ3v) is 3.04. The molecule has 0 aromatic heterocycles. The fourth-order valence-corrected chi connectivity index (χ4v) is 1.87. The van der Waals surface area contributed by atoms with Gasteiger partial charge in [0.1, 0.15) is 12.4 Å². The highest BCUT2D eigenvalue weighted by Crippen LogP contribution is 2.16. The lowest BCUT2D eigenvalue weighted by atomic mass is 10.1. The molecular weight excluding hydrogens is 266 g/mol. The molecule has 21 heavy (non-hydrogen) atoms. The third kappa shape index (κ3) is 4.36. The highest BCUT2D eigenvalue weighted by Gasteiger charge is 2.22. The van der Waals surface area contributed by atoms with E-state index in [1.807, 2.05) is 30.3 Å². The van der Waals surface area contributed by atoms with Gasteiger partial charge in [-0.1, -0.05) is 42.5 Å². The SMILES string of the molecule is [C-]#[N+][C@@H](Cc1ccc(OCc2ccccc2)cc1)C(=O)O. The van der Waals surface area contributed by atoms with Crippen LogP contribution in [-0.4, -0.2) is 17.1 Å². The molecule has 0 radical (unpaired) electrons. The van der Waals surface area contributed by atoms with E-state index in [9.17, 15) is 4.79 Å². The summed E-state index contributed by atoms with van der Waals surface area (Å²) in [5.74, 6) is -0.369. The number of nitrogens with zero attached hydrogens (tertiary/aromatic N) is 1.